The van der Waals surface area contributed by atoms with E-state index >= 15 is 0 Å². The Morgan fingerprint density at radius 2 is 2.00 bits per heavy atom. The normalized spacial score (nSPS) is 13.1. The summed E-state index contributed by atoms with van der Waals surface area (Å²) >= 11 is 0. The molecule has 7 heteroatoms. The molecule has 6 nitrogen and oxygen atoms in total. The van der Waals surface area contributed by atoms with Crippen LogP contribution in [0.25, 0.3) is 0 Å². The van der Waals surface area contributed by atoms with E-state index in [-0.39, 0.29) is 10.9 Å². The molecular formula is C14H20N4O2S. The van der Waals surface area contributed by atoms with Crippen molar-refractivity contribution in [3.8, 4) is 0 Å². The van der Waals surface area contributed by atoms with Crippen molar-refractivity contribution in [2.45, 2.75) is 31.7 Å². The maximum absolute atomic E-state index is 12.5. The van der Waals surface area contributed by atoms with Gasteiger partial charge in [-0.2, -0.15) is 5.10 Å². The van der Waals surface area contributed by atoms with Crippen LogP contribution in [0.2, 0.25) is 0 Å². The maximum Gasteiger partial charge on any atom is 0.262 e. The first-order valence-electron chi connectivity index (χ1n) is 6.66. The highest BCUT2D eigenvalue weighted by molar-refractivity contribution is 7.92. The third kappa shape index (κ3) is 3.25. The molecule has 0 amide bonds. The maximum atomic E-state index is 12.5. The summed E-state index contributed by atoms with van der Waals surface area (Å²) in [5, 5.41) is 9.85. The highest BCUT2D eigenvalue weighted by Crippen LogP contribution is 2.23. The van der Waals surface area contributed by atoms with Crippen LogP contribution in [-0.2, 0) is 10.0 Å². The van der Waals surface area contributed by atoms with Crippen molar-refractivity contribution in [3.63, 3.8) is 0 Å². The van der Waals surface area contributed by atoms with Gasteiger partial charge in [-0.1, -0.05) is 12.1 Å². The quantitative estimate of drug-likeness (QED) is 0.789. The van der Waals surface area contributed by atoms with Gasteiger partial charge in [0.25, 0.3) is 10.0 Å². The zero-order chi connectivity index (χ0) is 15.6. The van der Waals surface area contributed by atoms with Gasteiger partial charge in [-0.25, -0.2) is 8.42 Å². The zero-order valence-corrected chi connectivity index (χ0v) is 13.4. The summed E-state index contributed by atoms with van der Waals surface area (Å²) in [6.07, 6.45) is 0. The fourth-order valence-corrected chi connectivity index (χ4v) is 3.25. The van der Waals surface area contributed by atoms with Crippen LogP contribution in [0.5, 0.6) is 0 Å². The number of aryl methyl sites for hydroxylation is 2. The number of sulfonamides is 1. The standard InChI is InChI=1S/C14H20N4O2S/c1-9(15-4)12-6-5-7-13(8-12)21(19,20)18-14-10(2)16-17-11(14)3/h5-9,15,18H,1-4H3,(H,16,17). The average Bonchev–Trinajstić information content (AvgIpc) is 2.78. The van der Waals surface area contributed by atoms with Crippen molar-refractivity contribution in [1.82, 2.24) is 15.5 Å². The van der Waals surface area contributed by atoms with Gasteiger partial charge in [0, 0.05) is 6.04 Å². The van der Waals surface area contributed by atoms with E-state index in [1.54, 1.807) is 32.0 Å². The first-order chi connectivity index (χ1) is 9.85. The molecule has 0 fully saturated rings. The van der Waals surface area contributed by atoms with Gasteiger partial charge >= 0.3 is 0 Å². The van der Waals surface area contributed by atoms with E-state index in [4.69, 9.17) is 0 Å². The molecule has 2 rings (SSSR count). The number of aromatic nitrogens is 2. The average molecular weight is 308 g/mol. The van der Waals surface area contributed by atoms with Crippen LogP contribution >= 0.6 is 0 Å². The molecule has 0 bridgehead atoms. The minimum absolute atomic E-state index is 0.0811. The summed E-state index contributed by atoms with van der Waals surface area (Å²) in [5.41, 5.74) is 2.73. The van der Waals surface area contributed by atoms with Crippen molar-refractivity contribution in [2.24, 2.45) is 0 Å². The smallest absolute Gasteiger partial charge is 0.262 e. The number of nitrogens with one attached hydrogen (secondary N) is 3. The zero-order valence-electron chi connectivity index (χ0n) is 12.6. The molecule has 0 aliphatic rings. The van der Waals surface area contributed by atoms with Crippen molar-refractivity contribution in [2.75, 3.05) is 11.8 Å². The fraction of sp³-hybridized carbons (Fsp3) is 0.357. The van der Waals surface area contributed by atoms with E-state index in [0.29, 0.717) is 17.1 Å². The van der Waals surface area contributed by atoms with Crippen molar-refractivity contribution < 1.29 is 8.42 Å². The first kappa shape index (κ1) is 15.5. The SMILES string of the molecule is CNC(C)c1cccc(S(=O)(=O)Nc2c(C)n[nH]c2C)c1. The van der Waals surface area contributed by atoms with Gasteiger partial charge in [-0.05, 0) is 45.5 Å². The van der Waals surface area contributed by atoms with Crippen molar-refractivity contribution in [1.29, 1.82) is 0 Å². The third-order valence-corrected chi connectivity index (χ3v) is 4.81. The van der Waals surface area contributed by atoms with Crippen LogP contribution in [0, 0.1) is 13.8 Å². The molecule has 0 radical (unpaired) electrons. The van der Waals surface area contributed by atoms with Gasteiger partial charge in [0.15, 0.2) is 0 Å². The number of rotatable bonds is 5. The monoisotopic (exact) mass is 308 g/mol. The Morgan fingerprint density at radius 1 is 1.29 bits per heavy atom. The van der Waals surface area contributed by atoms with Crippen molar-refractivity contribution in [3.05, 3.63) is 41.2 Å². The summed E-state index contributed by atoms with van der Waals surface area (Å²) in [6, 6.07) is 6.98. The summed E-state index contributed by atoms with van der Waals surface area (Å²) in [6.45, 7) is 5.50. The highest BCUT2D eigenvalue weighted by Gasteiger charge is 2.19. The Morgan fingerprint density at radius 3 is 2.57 bits per heavy atom. The minimum atomic E-state index is -3.63. The molecule has 0 saturated carbocycles. The lowest BCUT2D eigenvalue weighted by molar-refractivity contribution is 0.600. The predicted octanol–water partition coefficient (Wildman–Crippen LogP) is 2.11. The third-order valence-electron chi connectivity index (χ3n) is 3.47. The lowest BCUT2D eigenvalue weighted by Gasteiger charge is -2.13. The van der Waals surface area contributed by atoms with E-state index in [9.17, 15) is 8.42 Å². The molecule has 1 aromatic carbocycles. The Bertz CT molecular complexity index is 718. The van der Waals surface area contributed by atoms with Gasteiger partial charge in [-0.15, -0.1) is 0 Å². The number of aromatic amines is 1. The number of hydrogen-bond acceptors (Lipinski definition) is 4. The molecule has 0 aliphatic carbocycles. The van der Waals surface area contributed by atoms with E-state index in [1.165, 1.54) is 0 Å². The Hall–Kier alpha value is -1.86. The molecule has 1 aromatic heterocycles. The topological polar surface area (TPSA) is 86.9 Å². The number of benzene rings is 1. The molecule has 114 valence electrons. The largest absolute Gasteiger partial charge is 0.313 e. The molecule has 0 saturated heterocycles. The Kier molecular flexibility index (Phi) is 4.34. The van der Waals surface area contributed by atoms with Crippen molar-refractivity contribution >= 4 is 15.7 Å². The van der Waals surface area contributed by atoms with Gasteiger partial charge in [0.05, 0.1) is 22.0 Å². The minimum Gasteiger partial charge on any atom is -0.313 e. The van der Waals surface area contributed by atoms with Crippen LogP contribution < -0.4 is 10.0 Å². The molecule has 1 unspecified atom stereocenters. The summed E-state index contributed by atoms with van der Waals surface area (Å²) in [7, 11) is -1.79. The Balaban J connectivity index is 2.36. The summed E-state index contributed by atoms with van der Waals surface area (Å²) < 4.78 is 27.6. The lowest BCUT2D eigenvalue weighted by Crippen LogP contribution is -2.16. The molecule has 0 spiro atoms. The molecular weight excluding hydrogens is 288 g/mol. The lowest BCUT2D eigenvalue weighted by atomic mass is 10.1. The number of nitrogens with zero attached hydrogens (tertiary/aromatic N) is 1. The second kappa shape index (κ2) is 5.87. The highest BCUT2D eigenvalue weighted by atomic mass is 32.2. The number of anilines is 1. The second-order valence-corrected chi connectivity index (χ2v) is 6.68. The van der Waals surface area contributed by atoms with Crippen LogP contribution in [0.3, 0.4) is 0 Å². The molecule has 2 aromatic rings. The van der Waals surface area contributed by atoms with Gasteiger partial charge in [0.1, 0.15) is 0 Å². The first-order valence-corrected chi connectivity index (χ1v) is 8.15. The van der Waals surface area contributed by atoms with Crippen LogP contribution in [0.15, 0.2) is 29.2 Å². The van der Waals surface area contributed by atoms with Crippen LogP contribution in [0.4, 0.5) is 5.69 Å². The fourth-order valence-electron chi connectivity index (χ4n) is 2.01. The summed E-state index contributed by atoms with van der Waals surface area (Å²) in [5.74, 6) is 0. The molecule has 1 atom stereocenters. The van der Waals surface area contributed by atoms with E-state index in [1.807, 2.05) is 20.0 Å². The van der Waals surface area contributed by atoms with Crippen LogP contribution in [0.1, 0.15) is 29.9 Å². The van der Waals surface area contributed by atoms with E-state index < -0.39 is 10.0 Å². The second-order valence-electron chi connectivity index (χ2n) is 5.00. The molecule has 0 aliphatic heterocycles. The Labute approximate surface area is 125 Å². The molecule has 21 heavy (non-hydrogen) atoms. The van der Waals surface area contributed by atoms with Gasteiger partial charge in [0.2, 0.25) is 0 Å². The van der Waals surface area contributed by atoms with Gasteiger partial charge in [-0.3, -0.25) is 9.82 Å². The molecule has 1 heterocycles. The number of hydrogen-bond donors (Lipinski definition) is 3. The predicted molar refractivity (Wildman–Crippen MR) is 82.8 cm³/mol. The number of H-pyrrole nitrogens is 1. The molecule has 3 N–H and O–H groups in total. The van der Waals surface area contributed by atoms with E-state index in [0.717, 1.165) is 5.56 Å². The van der Waals surface area contributed by atoms with Crippen LogP contribution in [-0.4, -0.2) is 25.7 Å². The van der Waals surface area contributed by atoms with Gasteiger partial charge < -0.3 is 5.32 Å². The summed E-state index contributed by atoms with van der Waals surface area (Å²) in [4.78, 5) is 0.238. The van der Waals surface area contributed by atoms with E-state index in [2.05, 4.69) is 20.2 Å².